The molecule has 32 heavy (non-hydrogen) atoms. The van der Waals surface area contributed by atoms with Crippen LogP contribution in [0.3, 0.4) is 0 Å². The first-order chi connectivity index (χ1) is 15.7. The van der Waals surface area contributed by atoms with Gasteiger partial charge in [0.1, 0.15) is 5.52 Å². The summed E-state index contributed by atoms with van der Waals surface area (Å²) < 4.78 is 12.4. The van der Waals surface area contributed by atoms with Crippen LogP contribution in [0.5, 0.6) is 0 Å². The van der Waals surface area contributed by atoms with Crippen LogP contribution in [0.2, 0.25) is 0 Å². The van der Waals surface area contributed by atoms with Crippen LogP contribution in [0.4, 0.5) is 17.6 Å². The molecule has 0 saturated carbocycles. The molecule has 4 aromatic heterocycles. The van der Waals surface area contributed by atoms with Crippen molar-refractivity contribution in [2.45, 2.75) is 0 Å². The number of furan rings is 1. The average molecular weight is 492 g/mol. The molecule has 5 aromatic rings. The molecule has 0 aliphatic carbocycles. The fourth-order valence-electron chi connectivity index (χ4n) is 3.80. The number of pyridine rings is 1. The lowest BCUT2D eigenvalue weighted by atomic mass is 10.2. The molecule has 160 valence electrons. The molecule has 9 nitrogen and oxygen atoms in total. The van der Waals surface area contributed by atoms with Crippen molar-refractivity contribution in [3.8, 4) is 11.3 Å². The fraction of sp³-hybridized carbons (Fsp3) is 0.182. The fourth-order valence-corrected chi connectivity index (χ4v) is 4.13. The first kappa shape index (κ1) is 19.2. The number of ether oxygens (including phenoxy) is 1. The highest BCUT2D eigenvalue weighted by Gasteiger charge is 2.23. The molecule has 6 rings (SSSR count). The Hall–Kier alpha value is -3.50. The van der Waals surface area contributed by atoms with E-state index >= 15 is 0 Å². The highest BCUT2D eigenvalue weighted by Crippen LogP contribution is 2.35. The van der Waals surface area contributed by atoms with Gasteiger partial charge in [0, 0.05) is 29.8 Å². The second-order valence-electron chi connectivity index (χ2n) is 7.41. The van der Waals surface area contributed by atoms with Crippen LogP contribution in [-0.2, 0) is 4.74 Å². The van der Waals surface area contributed by atoms with Crippen LogP contribution < -0.4 is 10.2 Å². The lowest BCUT2D eigenvalue weighted by Crippen LogP contribution is -2.37. The van der Waals surface area contributed by atoms with Crippen molar-refractivity contribution in [2.24, 2.45) is 0 Å². The first-order valence-electron chi connectivity index (χ1n) is 10.2. The molecular formula is C22H18BrN7O2. The predicted octanol–water partition coefficient (Wildman–Crippen LogP) is 4.50. The third kappa shape index (κ3) is 3.47. The first-order valence-corrected chi connectivity index (χ1v) is 11.0. The second kappa shape index (κ2) is 7.88. The van der Waals surface area contributed by atoms with Crippen LogP contribution in [0.1, 0.15) is 0 Å². The normalized spacial score (nSPS) is 14.3. The number of morpholine rings is 1. The number of nitrogens with zero attached hydrogens (tertiary/aromatic N) is 5. The maximum absolute atomic E-state index is 6.07. The quantitative estimate of drug-likeness (QED) is 0.378. The van der Waals surface area contributed by atoms with Crippen molar-refractivity contribution in [1.82, 2.24) is 25.1 Å². The monoisotopic (exact) mass is 491 g/mol. The summed E-state index contributed by atoms with van der Waals surface area (Å²) >= 11 is 3.49. The number of hydrogen-bond acceptors (Lipinski definition) is 8. The zero-order valence-corrected chi connectivity index (χ0v) is 18.5. The Balaban J connectivity index is 1.44. The number of benzene rings is 1. The average Bonchev–Trinajstić information content (AvgIpc) is 3.44. The van der Waals surface area contributed by atoms with Gasteiger partial charge in [-0.15, -0.1) is 0 Å². The highest BCUT2D eigenvalue weighted by atomic mass is 79.9. The minimum Gasteiger partial charge on any atom is -0.432 e. The van der Waals surface area contributed by atoms with Crippen molar-refractivity contribution in [3.63, 3.8) is 0 Å². The summed E-state index contributed by atoms with van der Waals surface area (Å²) in [4.78, 5) is 16.1. The number of aromatic nitrogens is 5. The zero-order valence-electron chi connectivity index (χ0n) is 16.9. The van der Waals surface area contributed by atoms with Crippen molar-refractivity contribution in [3.05, 3.63) is 53.1 Å². The zero-order chi connectivity index (χ0) is 21.5. The van der Waals surface area contributed by atoms with Crippen LogP contribution in [-0.4, -0.2) is 51.5 Å². The third-order valence-corrected chi connectivity index (χ3v) is 5.77. The van der Waals surface area contributed by atoms with E-state index in [4.69, 9.17) is 19.1 Å². The summed E-state index contributed by atoms with van der Waals surface area (Å²) in [6, 6.07) is 13.9. The van der Waals surface area contributed by atoms with E-state index < -0.39 is 0 Å². The summed E-state index contributed by atoms with van der Waals surface area (Å²) in [5.41, 5.74) is 3.80. The maximum atomic E-state index is 6.07. The Morgan fingerprint density at radius 2 is 1.91 bits per heavy atom. The van der Waals surface area contributed by atoms with Gasteiger partial charge in [0.2, 0.25) is 11.7 Å². The number of rotatable bonds is 4. The molecule has 0 radical (unpaired) electrons. The minimum atomic E-state index is 0.438. The summed E-state index contributed by atoms with van der Waals surface area (Å²) in [5.74, 6) is 1.78. The Morgan fingerprint density at radius 1 is 1.06 bits per heavy atom. The number of aromatic amines is 1. The van der Waals surface area contributed by atoms with Crippen LogP contribution in [0, 0.1) is 0 Å². The molecule has 1 aliphatic heterocycles. The molecule has 2 N–H and O–H groups in total. The van der Waals surface area contributed by atoms with Gasteiger partial charge in [-0.3, -0.25) is 5.10 Å². The third-order valence-electron chi connectivity index (χ3n) is 5.33. The number of hydrogen-bond donors (Lipinski definition) is 2. The molecule has 1 saturated heterocycles. The van der Waals surface area contributed by atoms with E-state index in [0.717, 1.165) is 34.2 Å². The van der Waals surface area contributed by atoms with Gasteiger partial charge in [-0.1, -0.05) is 30.3 Å². The second-order valence-corrected chi connectivity index (χ2v) is 8.33. The molecule has 0 amide bonds. The summed E-state index contributed by atoms with van der Waals surface area (Å²) in [6.45, 7) is 2.72. The Labute approximate surface area is 191 Å². The van der Waals surface area contributed by atoms with E-state index in [1.807, 2.05) is 42.5 Å². The molecule has 0 spiro atoms. The van der Waals surface area contributed by atoms with E-state index in [1.165, 1.54) is 0 Å². The van der Waals surface area contributed by atoms with Crippen LogP contribution in [0.25, 0.3) is 33.5 Å². The van der Waals surface area contributed by atoms with E-state index in [0.29, 0.717) is 47.6 Å². The van der Waals surface area contributed by atoms with Crippen molar-refractivity contribution in [2.75, 3.05) is 36.5 Å². The van der Waals surface area contributed by atoms with E-state index in [9.17, 15) is 0 Å². The number of anilines is 3. The Kier molecular flexibility index (Phi) is 4.73. The standard InChI is InChI=1S/C22H18BrN7O2/c23-14-10-15-18-19(32-21(15)24-12-14)20(30-6-8-31-9-7-30)27-22(26-18)25-17-11-16(28-29-17)13-4-2-1-3-5-13/h1-5,10-12H,6-9H2,(H2,25,26,27,28,29). The number of fused-ring (bicyclic) bond motifs is 3. The summed E-state index contributed by atoms with van der Waals surface area (Å²) in [7, 11) is 0. The lowest BCUT2D eigenvalue weighted by molar-refractivity contribution is 0.122. The largest absolute Gasteiger partial charge is 0.432 e. The van der Waals surface area contributed by atoms with E-state index in [-0.39, 0.29) is 0 Å². The van der Waals surface area contributed by atoms with Crippen molar-refractivity contribution >= 4 is 55.7 Å². The molecule has 0 bridgehead atoms. The number of nitrogens with one attached hydrogen (secondary N) is 2. The minimum absolute atomic E-state index is 0.438. The van der Waals surface area contributed by atoms with Gasteiger partial charge in [-0.25, -0.2) is 9.97 Å². The Morgan fingerprint density at radius 3 is 2.75 bits per heavy atom. The van der Waals surface area contributed by atoms with Gasteiger partial charge >= 0.3 is 0 Å². The molecule has 5 heterocycles. The van der Waals surface area contributed by atoms with Crippen molar-refractivity contribution in [1.29, 1.82) is 0 Å². The van der Waals surface area contributed by atoms with Gasteiger partial charge in [0.25, 0.3) is 0 Å². The van der Waals surface area contributed by atoms with Gasteiger partial charge in [0.15, 0.2) is 17.2 Å². The summed E-state index contributed by atoms with van der Waals surface area (Å²) in [5, 5.41) is 11.5. The molecule has 1 fully saturated rings. The molecule has 10 heteroatoms. The smallest absolute Gasteiger partial charge is 0.231 e. The number of halogens is 1. The lowest BCUT2D eigenvalue weighted by Gasteiger charge is -2.27. The van der Waals surface area contributed by atoms with E-state index in [1.54, 1.807) is 6.20 Å². The van der Waals surface area contributed by atoms with Crippen molar-refractivity contribution < 1.29 is 9.15 Å². The Bertz CT molecular complexity index is 1410. The van der Waals surface area contributed by atoms with Crippen LogP contribution in [0.15, 0.2) is 57.6 Å². The predicted molar refractivity (Wildman–Crippen MR) is 125 cm³/mol. The van der Waals surface area contributed by atoms with Crippen LogP contribution >= 0.6 is 15.9 Å². The molecular weight excluding hydrogens is 474 g/mol. The number of H-pyrrole nitrogens is 1. The highest BCUT2D eigenvalue weighted by molar-refractivity contribution is 9.10. The molecule has 0 unspecified atom stereocenters. The van der Waals surface area contributed by atoms with Gasteiger partial charge in [-0.2, -0.15) is 10.1 Å². The van der Waals surface area contributed by atoms with Gasteiger partial charge in [-0.05, 0) is 27.6 Å². The van der Waals surface area contributed by atoms with Gasteiger partial charge in [0.05, 0.1) is 24.3 Å². The maximum Gasteiger partial charge on any atom is 0.231 e. The molecule has 1 aromatic carbocycles. The molecule has 0 atom stereocenters. The molecule has 1 aliphatic rings. The summed E-state index contributed by atoms with van der Waals surface area (Å²) in [6.07, 6.45) is 1.71. The van der Waals surface area contributed by atoms with Gasteiger partial charge < -0.3 is 19.4 Å². The SMILES string of the molecule is Brc1cnc2oc3c(N4CCOCC4)nc(Nc4cc(-c5ccccc5)[nH]n4)nc3c2c1. The topological polar surface area (TPSA) is 105 Å². The van der Waals surface area contributed by atoms with E-state index in [2.05, 4.69) is 41.3 Å².